The lowest BCUT2D eigenvalue weighted by Crippen LogP contribution is -2.36. The zero-order valence-corrected chi connectivity index (χ0v) is 24.8. The number of aliphatic hydroxyl groups excluding tert-OH is 1. The van der Waals surface area contributed by atoms with Crippen LogP contribution in [0.2, 0.25) is 0 Å². The Balaban J connectivity index is -0.000000162. The highest BCUT2D eigenvalue weighted by atomic mass is 16.5. The van der Waals surface area contributed by atoms with Gasteiger partial charge in [0.05, 0.1) is 13.2 Å². The molecule has 206 valence electrons. The molecule has 1 rings (SSSR count). The number of methoxy groups -OCH3 is 1. The van der Waals surface area contributed by atoms with E-state index in [1.54, 1.807) is 7.11 Å². The summed E-state index contributed by atoms with van der Waals surface area (Å²) in [6.07, 6.45) is 10.9. The second kappa shape index (κ2) is 39.0. The predicted molar refractivity (Wildman–Crippen MR) is 150 cm³/mol. The summed E-state index contributed by atoms with van der Waals surface area (Å²) in [5.41, 5.74) is 0. The average Bonchev–Trinajstić information content (AvgIpc) is 2.80. The van der Waals surface area contributed by atoms with Gasteiger partial charge >= 0.3 is 0 Å². The molecule has 1 heterocycles. The Kier molecular flexibility index (Phi) is 47.3. The van der Waals surface area contributed by atoms with E-state index < -0.39 is 0 Å². The van der Waals surface area contributed by atoms with Crippen molar-refractivity contribution in [3.63, 3.8) is 0 Å². The molecule has 0 aromatic carbocycles. The van der Waals surface area contributed by atoms with E-state index in [-0.39, 0.29) is 0 Å². The minimum atomic E-state index is 0.355. The highest BCUT2D eigenvalue weighted by Crippen LogP contribution is 1.96. The van der Waals surface area contributed by atoms with Crippen LogP contribution in [-0.2, 0) is 9.47 Å². The molecule has 1 aliphatic rings. The van der Waals surface area contributed by atoms with Crippen molar-refractivity contribution in [2.75, 3.05) is 73.8 Å². The molecule has 0 aromatic heterocycles. The molecule has 33 heavy (non-hydrogen) atoms. The first kappa shape index (κ1) is 40.0. The van der Waals surface area contributed by atoms with E-state index in [0.29, 0.717) is 6.61 Å². The van der Waals surface area contributed by atoms with E-state index in [9.17, 15) is 0 Å². The summed E-state index contributed by atoms with van der Waals surface area (Å²) < 4.78 is 10.0. The van der Waals surface area contributed by atoms with Crippen molar-refractivity contribution in [1.29, 1.82) is 0 Å². The van der Waals surface area contributed by atoms with Crippen LogP contribution >= 0.6 is 0 Å². The van der Waals surface area contributed by atoms with E-state index in [0.717, 1.165) is 51.7 Å². The van der Waals surface area contributed by atoms with Gasteiger partial charge in [0.1, 0.15) is 0 Å². The van der Waals surface area contributed by atoms with E-state index in [1.807, 2.05) is 0 Å². The lowest BCUT2D eigenvalue weighted by molar-refractivity contribution is 0.0380. The summed E-state index contributed by atoms with van der Waals surface area (Å²) in [5, 5.41) is 8.20. The van der Waals surface area contributed by atoms with E-state index in [2.05, 4.69) is 72.4 Å². The van der Waals surface area contributed by atoms with E-state index >= 15 is 0 Å². The van der Waals surface area contributed by atoms with E-state index in [4.69, 9.17) is 14.6 Å². The Morgan fingerprint density at radius 2 is 1.36 bits per heavy atom. The topological polar surface area (TPSA) is 45.2 Å². The summed E-state index contributed by atoms with van der Waals surface area (Å²) in [4.78, 5) is 4.63. The first-order chi connectivity index (χ1) is 15.8. The Morgan fingerprint density at radius 3 is 1.64 bits per heavy atom. The first-order valence-electron chi connectivity index (χ1n) is 13.8. The van der Waals surface area contributed by atoms with Crippen LogP contribution in [0, 0.1) is 5.92 Å². The highest BCUT2D eigenvalue weighted by molar-refractivity contribution is 4.59. The van der Waals surface area contributed by atoms with Crippen LogP contribution in [0.15, 0.2) is 0 Å². The number of hydrogen-bond acceptors (Lipinski definition) is 5. The Hall–Kier alpha value is -0.200. The van der Waals surface area contributed by atoms with Crippen molar-refractivity contribution in [2.45, 2.75) is 106 Å². The van der Waals surface area contributed by atoms with Crippen LogP contribution in [-0.4, -0.2) is 88.7 Å². The van der Waals surface area contributed by atoms with E-state index in [1.165, 1.54) is 58.0 Å². The number of nitrogens with zero attached hydrogens (tertiary/aromatic N) is 2. The fourth-order valence-corrected chi connectivity index (χ4v) is 2.45. The number of unbranched alkanes of at least 4 members (excludes halogenated alkanes) is 4. The van der Waals surface area contributed by atoms with Crippen LogP contribution < -0.4 is 0 Å². The van der Waals surface area contributed by atoms with Crippen LogP contribution in [0.3, 0.4) is 0 Å². The second-order valence-electron chi connectivity index (χ2n) is 9.19. The van der Waals surface area contributed by atoms with Crippen LogP contribution in [0.4, 0.5) is 0 Å². The Morgan fingerprint density at radius 1 is 0.848 bits per heavy atom. The quantitative estimate of drug-likeness (QED) is 0.315. The molecular formula is C28H66N2O3. The molecule has 0 unspecified atom stereocenters. The third-order valence-corrected chi connectivity index (χ3v) is 4.84. The largest absolute Gasteiger partial charge is 0.396 e. The molecule has 0 radical (unpaired) electrons. The maximum Gasteiger partial charge on any atom is 0.0594 e. The number of ether oxygens (including phenoxy) is 2. The number of morpholine rings is 1. The van der Waals surface area contributed by atoms with Crippen molar-refractivity contribution >= 4 is 0 Å². The third kappa shape index (κ3) is 54.3. The van der Waals surface area contributed by atoms with Gasteiger partial charge in [0.25, 0.3) is 0 Å². The smallest absolute Gasteiger partial charge is 0.0594 e. The van der Waals surface area contributed by atoms with Crippen molar-refractivity contribution in [3.8, 4) is 0 Å². The normalized spacial score (nSPS) is 13.0. The SMILES string of the molecule is CCC(C)C.CCCCCO.CCCCCOC.CCCN(C)C.CCCN1CCOCC1. The molecule has 0 saturated carbocycles. The molecule has 5 nitrogen and oxygen atoms in total. The molecule has 0 aromatic rings. The number of rotatable bonds is 12. The highest BCUT2D eigenvalue weighted by Gasteiger charge is 2.07. The zero-order valence-electron chi connectivity index (χ0n) is 24.8. The first-order valence-corrected chi connectivity index (χ1v) is 13.8. The van der Waals surface area contributed by atoms with Gasteiger partial charge in [0, 0.05) is 33.4 Å². The van der Waals surface area contributed by atoms with Gasteiger partial charge in [0.2, 0.25) is 0 Å². The summed E-state index contributed by atoms with van der Waals surface area (Å²) in [6, 6.07) is 0. The fourth-order valence-electron chi connectivity index (χ4n) is 2.45. The third-order valence-electron chi connectivity index (χ3n) is 4.84. The van der Waals surface area contributed by atoms with Crippen LogP contribution in [0.25, 0.3) is 0 Å². The maximum atomic E-state index is 8.20. The lowest BCUT2D eigenvalue weighted by Gasteiger charge is -2.25. The lowest BCUT2D eigenvalue weighted by atomic mass is 10.2. The standard InChI is InChI=1S/C7H15NO.C6H14O.C5H13N.C5H12O.C5H12/c1-2-3-8-4-6-9-7-5-8;1-3-4-5-6-7-2;1-4-5-6(2)3;1-2-3-4-5-6;1-4-5(2)3/h2-7H2,1H3;3-6H2,1-2H3;4-5H2,1-3H3;6H,2-5H2,1H3;5H,4H2,1-3H3. The summed E-state index contributed by atoms with van der Waals surface area (Å²) >= 11 is 0. The molecule has 0 amide bonds. The summed E-state index contributed by atoms with van der Waals surface area (Å²) in [7, 11) is 5.92. The van der Waals surface area contributed by atoms with Gasteiger partial charge in [-0.05, 0) is 58.8 Å². The van der Waals surface area contributed by atoms with Gasteiger partial charge < -0.3 is 19.5 Å². The predicted octanol–water partition coefficient (Wildman–Crippen LogP) is 6.73. The molecule has 1 fully saturated rings. The fraction of sp³-hybridized carbons (Fsp3) is 1.00. The van der Waals surface area contributed by atoms with Gasteiger partial charge in [-0.1, -0.05) is 80.6 Å². The molecule has 0 spiro atoms. The van der Waals surface area contributed by atoms with Crippen LogP contribution in [0.1, 0.15) is 106 Å². The van der Waals surface area contributed by atoms with Crippen molar-refractivity contribution in [1.82, 2.24) is 9.80 Å². The van der Waals surface area contributed by atoms with Gasteiger partial charge in [-0.25, -0.2) is 0 Å². The summed E-state index contributed by atoms with van der Waals surface area (Å²) in [5.74, 6) is 0.884. The minimum absolute atomic E-state index is 0.355. The number of hydrogen-bond donors (Lipinski definition) is 1. The van der Waals surface area contributed by atoms with Gasteiger partial charge in [0.15, 0.2) is 0 Å². The molecule has 1 aliphatic heterocycles. The summed E-state index contributed by atoms with van der Waals surface area (Å²) in [6.45, 7) is 23.2. The Labute approximate surface area is 210 Å². The minimum Gasteiger partial charge on any atom is -0.396 e. The van der Waals surface area contributed by atoms with Gasteiger partial charge in [-0.2, -0.15) is 0 Å². The van der Waals surface area contributed by atoms with Gasteiger partial charge in [-0.15, -0.1) is 0 Å². The van der Waals surface area contributed by atoms with Crippen molar-refractivity contribution in [2.24, 2.45) is 5.92 Å². The molecule has 0 aliphatic carbocycles. The second-order valence-corrected chi connectivity index (χ2v) is 9.19. The molecule has 1 saturated heterocycles. The molecule has 1 N–H and O–H groups in total. The maximum absolute atomic E-state index is 8.20. The average molecular weight is 479 g/mol. The van der Waals surface area contributed by atoms with Crippen molar-refractivity contribution < 1.29 is 14.6 Å². The molecule has 5 heteroatoms. The van der Waals surface area contributed by atoms with Gasteiger partial charge in [-0.3, -0.25) is 4.90 Å². The van der Waals surface area contributed by atoms with Crippen molar-refractivity contribution in [3.05, 3.63) is 0 Å². The molecular weight excluding hydrogens is 412 g/mol. The molecule has 0 atom stereocenters. The monoisotopic (exact) mass is 479 g/mol. The molecule has 0 bridgehead atoms. The number of aliphatic hydroxyl groups is 1. The zero-order chi connectivity index (χ0) is 26.2. The van der Waals surface area contributed by atoms with Crippen LogP contribution in [0.5, 0.6) is 0 Å². The Bertz CT molecular complexity index is 274.